The van der Waals surface area contributed by atoms with E-state index in [1.807, 2.05) is 6.07 Å². The molecule has 0 fully saturated rings. The fraction of sp³-hybridized carbons (Fsp3) is 0.105. The van der Waals surface area contributed by atoms with Gasteiger partial charge in [0.25, 0.3) is 0 Å². The summed E-state index contributed by atoms with van der Waals surface area (Å²) in [5.74, 6) is 0.0137. The summed E-state index contributed by atoms with van der Waals surface area (Å²) in [5, 5.41) is 9.26. The number of nitriles is 1. The van der Waals surface area contributed by atoms with Crippen molar-refractivity contribution in [1.29, 1.82) is 5.26 Å². The summed E-state index contributed by atoms with van der Waals surface area (Å²) in [6.45, 7) is 0.179. The number of halogens is 3. The molecule has 0 atom stereocenters. The van der Waals surface area contributed by atoms with Gasteiger partial charge < -0.3 is 20.9 Å². The second-order valence-corrected chi connectivity index (χ2v) is 5.81. The number of aromatic nitrogens is 2. The number of benzene rings is 2. The molecule has 0 bridgehead atoms. The van der Waals surface area contributed by atoms with Crippen molar-refractivity contribution in [1.82, 2.24) is 9.97 Å². The first kappa shape index (κ1) is 19.8. The Morgan fingerprint density at radius 2 is 1.55 bits per heavy atom. The molecular formula is C19H14F3N5O2. The molecule has 3 rings (SSSR count). The molecule has 0 amide bonds. The Morgan fingerprint density at radius 1 is 0.931 bits per heavy atom. The predicted molar refractivity (Wildman–Crippen MR) is 98.5 cm³/mol. The summed E-state index contributed by atoms with van der Waals surface area (Å²) in [7, 11) is 0. The standard InChI is InChI=1S/C19H14F3N5O2/c20-19(21,22)29-14-7-5-13(6-8-14)28-10-11-1-3-12(4-2-11)16-15(9-23)17(24)27-18(25)26-16/h1-8H,10H2,(H4,24,25,26,27). The minimum absolute atomic E-state index is 0.000333. The van der Waals surface area contributed by atoms with Gasteiger partial charge in [-0.05, 0) is 29.8 Å². The monoisotopic (exact) mass is 401 g/mol. The third-order valence-corrected chi connectivity index (χ3v) is 3.76. The van der Waals surface area contributed by atoms with Crippen LogP contribution in [-0.4, -0.2) is 16.3 Å². The summed E-state index contributed by atoms with van der Waals surface area (Å²) in [6.07, 6.45) is -4.74. The normalized spacial score (nSPS) is 11.0. The van der Waals surface area contributed by atoms with Gasteiger partial charge in [-0.15, -0.1) is 13.2 Å². The lowest BCUT2D eigenvalue weighted by atomic mass is 10.1. The highest BCUT2D eigenvalue weighted by Crippen LogP contribution is 2.27. The van der Waals surface area contributed by atoms with Gasteiger partial charge in [-0.25, -0.2) is 4.98 Å². The van der Waals surface area contributed by atoms with Crippen LogP contribution >= 0.6 is 0 Å². The average Bonchev–Trinajstić information content (AvgIpc) is 2.66. The Bertz CT molecular complexity index is 1050. The maximum absolute atomic E-state index is 12.2. The predicted octanol–water partition coefficient (Wildman–Crippen LogP) is 3.66. The fourth-order valence-corrected chi connectivity index (χ4v) is 2.48. The minimum Gasteiger partial charge on any atom is -0.489 e. The number of nitrogen functional groups attached to an aromatic ring is 2. The second-order valence-electron chi connectivity index (χ2n) is 5.81. The van der Waals surface area contributed by atoms with E-state index in [9.17, 15) is 18.4 Å². The number of rotatable bonds is 5. The largest absolute Gasteiger partial charge is 0.573 e. The first-order chi connectivity index (χ1) is 13.7. The van der Waals surface area contributed by atoms with Gasteiger partial charge in [0.1, 0.15) is 35.6 Å². The molecular weight excluding hydrogens is 387 g/mol. The zero-order valence-electron chi connectivity index (χ0n) is 14.8. The Labute approximate surface area is 163 Å². The molecule has 0 aliphatic carbocycles. The molecule has 7 nitrogen and oxygen atoms in total. The maximum Gasteiger partial charge on any atom is 0.573 e. The van der Waals surface area contributed by atoms with Crippen LogP contribution in [0.2, 0.25) is 0 Å². The highest BCUT2D eigenvalue weighted by molar-refractivity contribution is 5.73. The number of alkyl halides is 3. The first-order valence-electron chi connectivity index (χ1n) is 8.16. The van der Waals surface area contributed by atoms with Crippen LogP contribution in [0.4, 0.5) is 24.9 Å². The average molecular weight is 401 g/mol. The number of anilines is 2. The van der Waals surface area contributed by atoms with E-state index in [1.165, 1.54) is 24.3 Å². The first-order valence-corrected chi connectivity index (χ1v) is 8.16. The van der Waals surface area contributed by atoms with Crippen molar-refractivity contribution in [3.8, 4) is 28.8 Å². The van der Waals surface area contributed by atoms with E-state index in [0.717, 1.165) is 5.56 Å². The quantitative estimate of drug-likeness (QED) is 0.669. The number of hydrogen-bond donors (Lipinski definition) is 2. The molecule has 10 heteroatoms. The number of nitrogens with zero attached hydrogens (tertiary/aromatic N) is 3. The van der Waals surface area contributed by atoms with Gasteiger partial charge in [0, 0.05) is 5.56 Å². The zero-order valence-corrected chi connectivity index (χ0v) is 14.8. The summed E-state index contributed by atoms with van der Waals surface area (Å²) >= 11 is 0. The zero-order chi connectivity index (χ0) is 21.0. The molecule has 0 unspecified atom stereocenters. The summed E-state index contributed by atoms with van der Waals surface area (Å²) in [6, 6.07) is 14.0. The van der Waals surface area contributed by atoms with Gasteiger partial charge in [-0.2, -0.15) is 10.2 Å². The summed E-state index contributed by atoms with van der Waals surface area (Å²) in [5.41, 5.74) is 13.2. The van der Waals surface area contributed by atoms with Gasteiger partial charge in [-0.1, -0.05) is 24.3 Å². The van der Waals surface area contributed by atoms with Crippen molar-refractivity contribution in [3.05, 3.63) is 59.7 Å². The second kappa shape index (κ2) is 7.93. The van der Waals surface area contributed by atoms with Crippen LogP contribution in [0.15, 0.2) is 48.5 Å². The molecule has 1 heterocycles. The molecule has 148 valence electrons. The van der Waals surface area contributed by atoms with E-state index in [0.29, 0.717) is 17.0 Å². The SMILES string of the molecule is N#Cc1c(N)nc(N)nc1-c1ccc(COc2ccc(OC(F)(F)F)cc2)cc1. The smallest absolute Gasteiger partial charge is 0.489 e. The van der Waals surface area contributed by atoms with E-state index in [-0.39, 0.29) is 29.7 Å². The van der Waals surface area contributed by atoms with Crippen molar-refractivity contribution < 1.29 is 22.6 Å². The maximum atomic E-state index is 12.2. The molecule has 29 heavy (non-hydrogen) atoms. The van der Waals surface area contributed by atoms with Gasteiger partial charge in [-0.3, -0.25) is 0 Å². The fourth-order valence-electron chi connectivity index (χ4n) is 2.48. The molecule has 0 aliphatic heterocycles. The molecule has 0 spiro atoms. The lowest BCUT2D eigenvalue weighted by Gasteiger charge is -2.11. The van der Waals surface area contributed by atoms with Crippen molar-refractivity contribution in [2.24, 2.45) is 0 Å². The van der Waals surface area contributed by atoms with Crippen LogP contribution in [0.5, 0.6) is 11.5 Å². The van der Waals surface area contributed by atoms with Crippen molar-refractivity contribution in [3.63, 3.8) is 0 Å². The van der Waals surface area contributed by atoms with E-state index in [4.69, 9.17) is 16.2 Å². The van der Waals surface area contributed by atoms with Gasteiger partial charge in [0.2, 0.25) is 5.95 Å². The van der Waals surface area contributed by atoms with Crippen molar-refractivity contribution in [2.45, 2.75) is 13.0 Å². The van der Waals surface area contributed by atoms with Crippen molar-refractivity contribution >= 4 is 11.8 Å². The Balaban J connectivity index is 1.68. The van der Waals surface area contributed by atoms with Gasteiger partial charge in [0.15, 0.2) is 0 Å². The summed E-state index contributed by atoms with van der Waals surface area (Å²) in [4.78, 5) is 7.84. The Kier molecular flexibility index (Phi) is 5.40. The van der Waals surface area contributed by atoms with Gasteiger partial charge in [0.05, 0.1) is 5.69 Å². The minimum atomic E-state index is -4.74. The number of ether oxygens (including phenoxy) is 2. The Hall–Kier alpha value is -4.00. The third-order valence-electron chi connectivity index (χ3n) is 3.76. The molecule has 2 aromatic carbocycles. The molecule has 0 saturated heterocycles. The number of nitrogens with two attached hydrogens (primary N) is 2. The van der Waals surface area contributed by atoms with Gasteiger partial charge >= 0.3 is 6.36 Å². The highest BCUT2D eigenvalue weighted by Gasteiger charge is 2.30. The highest BCUT2D eigenvalue weighted by atomic mass is 19.4. The van der Waals surface area contributed by atoms with Crippen LogP contribution in [0.25, 0.3) is 11.3 Å². The van der Waals surface area contributed by atoms with Crippen molar-refractivity contribution in [2.75, 3.05) is 11.5 Å². The van der Waals surface area contributed by atoms with Crippen LogP contribution in [0.1, 0.15) is 11.1 Å². The van der Waals surface area contributed by atoms with Crippen LogP contribution in [0.3, 0.4) is 0 Å². The van der Waals surface area contributed by atoms with E-state index < -0.39 is 6.36 Å². The molecule has 1 aromatic heterocycles. The van der Waals surface area contributed by atoms with Crippen LogP contribution in [-0.2, 0) is 6.61 Å². The lowest BCUT2D eigenvalue weighted by Crippen LogP contribution is -2.16. The molecule has 0 saturated carbocycles. The van der Waals surface area contributed by atoms with Crippen LogP contribution in [0, 0.1) is 11.3 Å². The van der Waals surface area contributed by atoms with Crippen LogP contribution < -0.4 is 20.9 Å². The Morgan fingerprint density at radius 3 is 2.14 bits per heavy atom. The molecule has 0 aliphatic rings. The molecule has 0 radical (unpaired) electrons. The molecule has 3 aromatic rings. The molecule has 4 N–H and O–H groups in total. The number of hydrogen-bond acceptors (Lipinski definition) is 7. The lowest BCUT2D eigenvalue weighted by molar-refractivity contribution is -0.274. The topological polar surface area (TPSA) is 120 Å². The van der Waals surface area contributed by atoms with E-state index in [2.05, 4.69) is 14.7 Å². The third kappa shape index (κ3) is 5.04. The van der Waals surface area contributed by atoms with E-state index in [1.54, 1.807) is 24.3 Å². The summed E-state index contributed by atoms with van der Waals surface area (Å²) < 4.78 is 45.9. The van der Waals surface area contributed by atoms with E-state index >= 15 is 0 Å².